The molecule has 3 unspecified atom stereocenters. The lowest BCUT2D eigenvalue weighted by molar-refractivity contribution is 0.194. The first-order chi connectivity index (χ1) is 9.58. The van der Waals surface area contributed by atoms with Gasteiger partial charge >= 0.3 is 0 Å². The smallest absolute Gasteiger partial charge is 0.107 e. The Bertz CT molecular complexity index is 599. The number of aromatic nitrogens is 2. The van der Waals surface area contributed by atoms with Crippen LogP contribution in [-0.4, -0.2) is 15.6 Å². The summed E-state index contributed by atoms with van der Waals surface area (Å²) in [6, 6.07) is 9.05. The van der Waals surface area contributed by atoms with Crippen molar-refractivity contribution in [1.82, 2.24) is 9.55 Å². The molecule has 1 aliphatic carbocycles. The van der Waals surface area contributed by atoms with E-state index in [2.05, 4.69) is 49.6 Å². The van der Waals surface area contributed by atoms with E-state index in [0.717, 1.165) is 29.6 Å². The topological polar surface area (TPSA) is 43.8 Å². The minimum atomic E-state index is 0.251. The van der Waals surface area contributed by atoms with E-state index < -0.39 is 0 Å². The van der Waals surface area contributed by atoms with Gasteiger partial charge in [0.25, 0.3) is 0 Å². The maximum Gasteiger partial charge on any atom is 0.107 e. The molecule has 1 saturated carbocycles. The van der Waals surface area contributed by atoms with Crippen LogP contribution in [0.15, 0.2) is 24.3 Å². The van der Waals surface area contributed by atoms with Gasteiger partial charge in [-0.2, -0.15) is 0 Å². The third kappa shape index (κ3) is 2.24. The molecule has 0 radical (unpaired) electrons. The molecule has 2 aromatic rings. The van der Waals surface area contributed by atoms with Crippen molar-refractivity contribution in [2.24, 2.45) is 17.6 Å². The molecule has 3 heteroatoms. The van der Waals surface area contributed by atoms with E-state index in [4.69, 9.17) is 10.7 Å². The van der Waals surface area contributed by atoms with Crippen molar-refractivity contribution in [3.05, 3.63) is 30.1 Å². The lowest BCUT2D eigenvalue weighted by Crippen LogP contribution is -2.39. The molecule has 1 aromatic carbocycles. The summed E-state index contributed by atoms with van der Waals surface area (Å²) in [5, 5.41) is 0. The monoisotopic (exact) mass is 271 g/mol. The van der Waals surface area contributed by atoms with Crippen molar-refractivity contribution in [3.8, 4) is 0 Å². The van der Waals surface area contributed by atoms with Crippen LogP contribution in [0.5, 0.6) is 0 Å². The highest BCUT2D eigenvalue weighted by Crippen LogP contribution is 2.37. The highest BCUT2D eigenvalue weighted by atomic mass is 15.1. The number of hydrogen-bond acceptors (Lipinski definition) is 2. The van der Waals surface area contributed by atoms with Crippen molar-refractivity contribution in [2.75, 3.05) is 0 Å². The largest absolute Gasteiger partial charge is 0.326 e. The van der Waals surface area contributed by atoms with E-state index in [1.165, 1.54) is 18.4 Å². The summed E-state index contributed by atoms with van der Waals surface area (Å²) < 4.78 is 2.38. The summed E-state index contributed by atoms with van der Waals surface area (Å²) >= 11 is 0. The molecule has 1 aromatic heterocycles. The number of aryl methyl sites for hydroxylation is 1. The third-order valence-electron chi connectivity index (χ3n) is 4.96. The van der Waals surface area contributed by atoms with E-state index in [9.17, 15) is 0 Å². The van der Waals surface area contributed by atoms with Crippen LogP contribution in [0.3, 0.4) is 0 Å². The van der Waals surface area contributed by atoms with Gasteiger partial charge in [-0.05, 0) is 50.2 Å². The normalized spacial score (nSPS) is 27.4. The number of rotatable bonds is 2. The van der Waals surface area contributed by atoms with Gasteiger partial charge in [0.15, 0.2) is 0 Å². The van der Waals surface area contributed by atoms with Gasteiger partial charge < -0.3 is 10.3 Å². The van der Waals surface area contributed by atoms with Crippen molar-refractivity contribution in [1.29, 1.82) is 0 Å². The number of benzene rings is 1. The Hall–Kier alpha value is -1.35. The van der Waals surface area contributed by atoms with Crippen molar-refractivity contribution < 1.29 is 0 Å². The Balaban J connectivity index is 2.02. The fraction of sp³-hybridized carbons (Fsp3) is 0.588. The van der Waals surface area contributed by atoms with E-state index in [1.54, 1.807) is 0 Å². The maximum atomic E-state index is 6.44. The van der Waals surface area contributed by atoms with Crippen molar-refractivity contribution in [3.63, 3.8) is 0 Å². The van der Waals surface area contributed by atoms with Crippen LogP contribution in [0.1, 0.15) is 45.0 Å². The summed E-state index contributed by atoms with van der Waals surface area (Å²) in [7, 11) is 0. The zero-order chi connectivity index (χ0) is 14.3. The molecule has 1 aliphatic rings. The van der Waals surface area contributed by atoms with Crippen LogP contribution < -0.4 is 5.73 Å². The highest BCUT2D eigenvalue weighted by molar-refractivity contribution is 5.76. The Labute approximate surface area is 121 Å². The van der Waals surface area contributed by atoms with E-state index in [1.807, 2.05) is 0 Å². The average Bonchev–Trinajstić information content (AvgIpc) is 2.75. The second kappa shape index (κ2) is 5.21. The predicted molar refractivity (Wildman–Crippen MR) is 83.7 cm³/mol. The van der Waals surface area contributed by atoms with Crippen LogP contribution in [0.25, 0.3) is 11.0 Å². The molecule has 0 bridgehead atoms. The van der Waals surface area contributed by atoms with Gasteiger partial charge in [-0.25, -0.2) is 4.98 Å². The molecule has 0 spiro atoms. The fourth-order valence-corrected chi connectivity index (χ4v) is 3.69. The molecule has 20 heavy (non-hydrogen) atoms. The number of nitrogens with two attached hydrogens (primary N) is 1. The third-order valence-corrected chi connectivity index (χ3v) is 4.96. The summed E-state index contributed by atoms with van der Waals surface area (Å²) in [6.07, 6.45) is 3.57. The van der Waals surface area contributed by atoms with E-state index >= 15 is 0 Å². The van der Waals surface area contributed by atoms with Gasteiger partial charge in [-0.3, -0.25) is 0 Å². The van der Waals surface area contributed by atoms with Crippen LogP contribution in [0.4, 0.5) is 0 Å². The standard InChI is InChI=1S/C17H25N3/c1-11(2)13-8-9-14(18)17(10-13)20-12(3)19-15-6-4-5-7-16(15)20/h4-7,11,13-14,17H,8-10,18H2,1-3H3. The second-order valence-corrected chi connectivity index (χ2v) is 6.57. The minimum absolute atomic E-state index is 0.251. The van der Waals surface area contributed by atoms with Crippen molar-refractivity contribution in [2.45, 2.75) is 52.1 Å². The van der Waals surface area contributed by atoms with Gasteiger partial charge in [0.1, 0.15) is 5.82 Å². The van der Waals surface area contributed by atoms with Gasteiger partial charge in [-0.15, -0.1) is 0 Å². The number of hydrogen-bond donors (Lipinski definition) is 1. The molecule has 1 heterocycles. The fourth-order valence-electron chi connectivity index (χ4n) is 3.69. The SMILES string of the molecule is Cc1nc2ccccc2n1C1CC(C(C)C)CCC1N. The Morgan fingerprint density at radius 1 is 1.25 bits per heavy atom. The van der Waals surface area contributed by atoms with Crippen LogP contribution in [-0.2, 0) is 0 Å². The van der Waals surface area contributed by atoms with Gasteiger partial charge in [0, 0.05) is 6.04 Å². The van der Waals surface area contributed by atoms with Gasteiger partial charge in [-0.1, -0.05) is 26.0 Å². The Morgan fingerprint density at radius 2 is 2.00 bits per heavy atom. The Morgan fingerprint density at radius 3 is 2.75 bits per heavy atom. The first-order valence-electron chi connectivity index (χ1n) is 7.77. The van der Waals surface area contributed by atoms with E-state index in [0.29, 0.717) is 6.04 Å². The van der Waals surface area contributed by atoms with Gasteiger partial charge in [0.2, 0.25) is 0 Å². The second-order valence-electron chi connectivity index (χ2n) is 6.57. The average molecular weight is 271 g/mol. The molecule has 0 aliphatic heterocycles. The van der Waals surface area contributed by atoms with Crippen LogP contribution in [0.2, 0.25) is 0 Å². The molecule has 1 fully saturated rings. The number of fused-ring (bicyclic) bond motifs is 1. The molecule has 3 rings (SSSR count). The molecule has 3 atom stereocenters. The molecule has 2 N–H and O–H groups in total. The predicted octanol–water partition coefficient (Wildman–Crippen LogP) is 3.67. The van der Waals surface area contributed by atoms with Crippen LogP contribution >= 0.6 is 0 Å². The summed E-state index contributed by atoms with van der Waals surface area (Å²) in [5.74, 6) is 2.61. The Kier molecular flexibility index (Phi) is 3.55. The molecule has 108 valence electrons. The minimum Gasteiger partial charge on any atom is -0.326 e. The summed E-state index contributed by atoms with van der Waals surface area (Å²) in [6.45, 7) is 6.76. The quantitative estimate of drug-likeness (QED) is 0.905. The van der Waals surface area contributed by atoms with Crippen molar-refractivity contribution >= 4 is 11.0 Å². The summed E-state index contributed by atoms with van der Waals surface area (Å²) in [4.78, 5) is 4.70. The molecule has 0 amide bonds. The lowest BCUT2D eigenvalue weighted by atomic mass is 9.77. The van der Waals surface area contributed by atoms with E-state index in [-0.39, 0.29) is 6.04 Å². The zero-order valence-electron chi connectivity index (χ0n) is 12.7. The number of imidazole rings is 1. The lowest BCUT2D eigenvalue weighted by Gasteiger charge is -2.37. The number of nitrogens with zero attached hydrogens (tertiary/aromatic N) is 2. The van der Waals surface area contributed by atoms with Crippen LogP contribution in [0, 0.1) is 18.8 Å². The molecule has 0 saturated heterocycles. The summed E-state index contributed by atoms with van der Waals surface area (Å²) in [5.41, 5.74) is 8.76. The molecular weight excluding hydrogens is 246 g/mol. The van der Waals surface area contributed by atoms with Gasteiger partial charge in [0.05, 0.1) is 17.1 Å². The maximum absolute atomic E-state index is 6.44. The zero-order valence-corrected chi connectivity index (χ0v) is 12.7. The first-order valence-corrected chi connectivity index (χ1v) is 7.77. The first kappa shape index (κ1) is 13.6. The molecular formula is C17H25N3. The molecule has 3 nitrogen and oxygen atoms in total. The number of para-hydroxylation sites is 2. The highest BCUT2D eigenvalue weighted by Gasteiger charge is 2.32.